The van der Waals surface area contributed by atoms with Gasteiger partial charge in [-0.05, 0) is 43.9 Å². The largest absolute Gasteiger partial charge is 0.338 e. The van der Waals surface area contributed by atoms with Crippen LogP contribution < -0.4 is 5.32 Å². The first-order chi connectivity index (χ1) is 9.29. The van der Waals surface area contributed by atoms with E-state index in [1.54, 1.807) is 0 Å². The number of hydrogen-bond donors (Lipinski definition) is 1. The molecule has 0 saturated heterocycles. The van der Waals surface area contributed by atoms with E-state index in [1.165, 1.54) is 44.9 Å². The van der Waals surface area contributed by atoms with Crippen molar-refractivity contribution in [2.75, 3.05) is 19.6 Å². The Morgan fingerprint density at radius 3 is 2.53 bits per heavy atom. The van der Waals surface area contributed by atoms with Crippen LogP contribution >= 0.6 is 0 Å². The van der Waals surface area contributed by atoms with E-state index >= 15 is 0 Å². The van der Waals surface area contributed by atoms with Gasteiger partial charge in [0.05, 0.1) is 0 Å². The van der Waals surface area contributed by atoms with Crippen molar-refractivity contribution in [3.8, 4) is 0 Å². The predicted octanol–water partition coefficient (Wildman–Crippen LogP) is 3.79. The van der Waals surface area contributed by atoms with E-state index in [1.807, 2.05) is 4.90 Å². The number of nitrogens with one attached hydrogen (secondary N) is 1. The van der Waals surface area contributed by atoms with Crippen LogP contribution in [0.3, 0.4) is 0 Å². The molecule has 3 nitrogen and oxygen atoms in total. The molecule has 110 valence electrons. The van der Waals surface area contributed by atoms with Crippen molar-refractivity contribution >= 4 is 6.03 Å². The maximum atomic E-state index is 12.1. The lowest BCUT2D eigenvalue weighted by atomic mass is 10.0. The molecule has 0 aliphatic heterocycles. The number of carbonyl (C=O) groups is 1. The van der Waals surface area contributed by atoms with Crippen molar-refractivity contribution in [3.63, 3.8) is 0 Å². The first-order valence-electron chi connectivity index (χ1n) is 8.32. The molecule has 0 aromatic heterocycles. The van der Waals surface area contributed by atoms with Crippen LogP contribution in [0, 0.1) is 11.8 Å². The summed E-state index contributed by atoms with van der Waals surface area (Å²) in [6.45, 7) is 4.89. The van der Waals surface area contributed by atoms with Gasteiger partial charge in [-0.15, -0.1) is 0 Å². The first-order valence-corrected chi connectivity index (χ1v) is 8.32. The van der Waals surface area contributed by atoms with Gasteiger partial charge >= 0.3 is 6.03 Å². The van der Waals surface area contributed by atoms with E-state index < -0.39 is 0 Å². The molecule has 1 N–H and O–H groups in total. The Morgan fingerprint density at radius 1 is 1.16 bits per heavy atom. The quantitative estimate of drug-likeness (QED) is 0.666. The van der Waals surface area contributed by atoms with E-state index in [9.17, 15) is 4.79 Å². The van der Waals surface area contributed by atoms with Gasteiger partial charge in [0.15, 0.2) is 0 Å². The normalized spacial score (nSPS) is 19.6. The number of nitrogens with zero attached hydrogens (tertiary/aromatic N) is 1. The van der Waals surface area contributed by atoms with Crippen LogP contribution in [0.1, 0.15) is 64.7 Å². The highest BCUT2D eigenvalue weighted by molar-refractivity contribution is 5.74. The smallest absolute Gasteiger partial charge is 0.317 e. The van der Waals surface area contributed by atoms with Gasteiger partial charge in [-0.25, -0.2) is 4.79 Å². The first kappa shape index (κ1) is 14.7. The Hall–Kier alpha value is -0.730. The topological polar surface area (TPSA) is 32.3 Å². The van der Waals surface area contributed by atoms with Gasteiger partial charge in [-0.1, -0.05) is 32.6 Å². The molecule has 0 bridgehead atoms. The van der Waals surface area contributed by atoms with E-state index in [0.717, 1.165) is 44.3 Å². The fraction of sp³-hybridized carbons (Fsp3) is 0.938. The zero-order valence-electron chi connectivity index (χ0n) is 12.5. The summed E-state index contributed by atoms with van der Waals surface area (Å²) in [5, 5.41) is 3.11. The van der Waals surface area contributed by atoms with Crippen LogP contribution in [0.25, 0.3) is 0 Å². The molecule has 2 fully saturated rings. The molecule has 2 aliphatic rings. The summed E-state index contributed by atoms with van der Waals surface area (Å²) in [7, 11) is 0. The molecule has 0 unspecified atom stereocenters. The van der Waals surface area contributed by atoms with E-state index in [-0.39, 0.29) is 6.03 Å². The number of urea groups is 1. The van der Waals surface area contributed by atoms with Gasteiger partial charge < -0.3 is 10.2 Å². The van der Waals surface area contributed by atoms with Gasteiger partial charge in [0.1, 0.15) is 0 Å². The van der Waals surface area contributed by atoms with Crippen LogP contribution in [-0.2, 0) is 0 Å². The molecule has 3 heteroatoms. The lowest BCUT2D eigenvalue weighted by molar-refractivity contribution is 0.195. The molecule has 0 aromatic rings. The molecular formula is C16H30N2O. The minimum atomic E-state index is 0.167. The number of hydrogen-bond acceptors (Lipinski definition) is 1. The zero-order valence-corrected chi connectivity index (χ0v) is 12.5. The second-order valence-electron chi connectivity index (χ2n) is 6.41. The van der Waals surface area contributed by atoms with E-state index in [4.69, 9.17) is 0 Å². The van der Waals surface area contributed by atoms with Crippen LogP contribution in [0.4, 0.5) is 4.79 Å². The maximum Gasteiger partial charge on any atom is 0.317 e. The van der Waals surface area contributed by atoms with Crippen LogP contribution in [0.5, 0.6) is 0 Å². The third-order valence-corrected chi connectivity index (χ3v) is 4.50. The molecule has 19 heavy (non-hydrogen) atoms. The molecule has 2 amide bonds. The third kappa shape index (κ3) is 5.42. The Kier molecular flexibility index (Phi) is 5.99. The van der Waals surface area contributed by atoms with Gasteiger partial charge in [0, 0.05) is 19.6 Å². The molecule has 0 heterocycles. The third-order valence-electron chi connectivity index (χ3n) is 4.50. The second kappa shape index (κ2) is 7.76. The highest BCUT2D eigenvalue weighted by atomic mass is 16.2. The fourth-order valence-corrected chi connectivity index (χ4v) is 3.15. The van der Waals surface area contributed by atoms with E-state index in [2.05, 4.69) is 12.2 Å². The van der Waals surface area contributed by atoms with Crippen molar-refractivity contribution in [3.05, 3.63) is 0 Å². The van der Waals surface area contributed by atoms with Gasteiger partial charge in [-0.3, -0.25) is 0 Å². The van der Waals surface area contributed by atoms with Gasteiger partial charge in [-0.2, -0.15) is 0 Å². The summed E-state index contributed by atoms with van der Waals surface area (Å²) < 4.78 is 0. The van der Waals surface area contributed by atoms with Crippen LogP contribution in [-0.4, -0.2) is 30.6 Å². The Labute approximate surface area is 118 Å². The number of carbonyl (C=O) groups excluding carboxylic acids is 1. The Balaban J connectivity index is 1.57. The summed E-state index contributed by atoms with van der Waals surface area (Å²) in [4.78, 5) is 14.1. The Morgan fingerprint density at radius 2 is 1.89 bits per heavy atom. The van der Waals surface area contributed by atoms with Crippen molar-refractivity contribution < 1.29 is 4.79 Å². The predicted molar refractivity (Wildman–Crippen MR) is 79.2 cm³/mol. The van der Waals surface area contributed by atoms with Crippen LogP contribution in [0.2, 0.25) is 0 Å². The van der Waals surface area contributed by atoms with Crippen molar-refractivity contribution in [1.29, 1.82) is 0 Å². The molecular weight excluding hydrogens is 236 g/mol. The summed E-state index contributed by atoms with van der Waals surface area (Å²) in [5.74, 6) is 1.73. The van der Waals surface area contributed by atoms with Crippen molar-refractivity contribution in [1.82, 2.24) is 10.2 Å². The van der Waals surface area contributed by atoms with Gasteiger partial charge in [0.25, 0.3) is 0 Å². The molecule has 2 aliphatic carbocycles. The molecule has 0 atom stereocenters. The average Bonchev–Trinajstić information content (AvgIpc) is 3.07. The molecule has 0 aromatic carbocycles. The van der Waals surface area contributed by atoms with Gasteiger partial charge in [0.2, 0.25) is 0 Å². The average molecular weight is 266 g/mol. The van der Waals surface area contributed by atoms with Crippen molar-refractivity contribution in [2.24, 2.45) is 11.8 Å². The summed E-state index contributed by atoms with van der Waals surface area (Å²) >= 11 is 0. The lowest BCUT2D eigenvalue weighted by Gasteiger charge is -2.22. The standard InChI is InChI=1S/C16H30N2O/c1-2-12-18(13-15-9-10-15)16(19)17-11-5-8-14-6-3-4-7-14/h14-15H,2-13H2,1H3,(H,17,19). The van der Waals surface area contributed by atoms with E-state index in [0.29, 0.717) is 0 Å². The van der Waals surface area contributed by atoms with Crippen LogP contribution in [0.15, 0.2) is 0 Å². The molecule has 0 spiro atoms. The molecule has 2 saturated carbocycles. The van der Waals surface area contributed by atoms with Crippen molar-refractivity contribution in [2.45, 2.75) is 64.7 Å². The summed E-state index contributed by atoms with van der Waals surface area (Å²) in [5.41, 5.74) is 0. The minimum absolute atomic E-state index is 0.167. The minimum Gasteiger partial charge on any atom is -0.338 e. The highest BCUT2D eigenvalue weighted by Crippen LogP contribution is 2.30. The summed E-state index contributed by atoms with van der Waals surface area (Å²) in [6.07, 6.45) is 11.8. The molecule has 0 radical (unpaired) electrons. The maximum absolute atomic E-state index is 12.1. The number of amides is 2. The zero-order chi connectivity index (χ0) is 13.5. The monoisotopic (exact) mass is 266 g/mol. The SMILES string of the molecule is CCCN(CC1CC1)C(=O)NCCCC1CCCC1. The summed E-state index contributed by atoms with van der Waals surface area (Å²) in [6, 6.07) is 0.167. The fourth-order valence-electron chi connectivity index (χ4n) is 3.15. The Bertz CT molecular complexity index is 270. The number of rotatable bonds is 8. The second-order valence-corrected chi connectivity index (χ2v) is 6.41. The lowest BCUT2D eigenvalue weighted by Crippen LogP contribution is -2.41. The highest BCUT2D eigenvalue weighted by Gasteiger charge is 2.26. The molecule has 2 rings (SSSR count).